The van der Waals surface area contributed by atoms with Gasteiger partial charge in [0, 0.05) is 31.3 Å². The Labute approximate surface area is 227 Å². The van der Waals surface area contributed by atoms with E-state index in [-0.39, 0.29) is 40.5 Å². The molecule has 5 rings (SSSR count). The molecule has 1 fully saturated rings. The molecule has 11 nitrogen and oxygen atoms in total. The van der Waals surface area contributed by atoms with Crippen LogP contribution in [-0.4, -0.2) is 65.6 Å². The topological polar surface area (TPSA) is 156 Å². The van der Waals surface area contributed by atoms with Crippen molar-refractivity contribution in [2.24, 2.45) is 21.6 Å². The Morgan fingerprint density at radius 1 is 1.20 bits per heavy atom. The van der Waals surface area contributed by atoms with Crippen LogP contribution in [0.5, 0.6) is 28.9 Å². The van der Waals surface area contributed by atoms with Gasteiger partial charge in [-0.3, -0.25) is 20.2 Å². The number of nitrogens with zero attached hydrogens (tertiary/aromatic N) is 4. The molecule has 0 spiro atoms. The molecule has 0 saturated heterocycles. The molecule has 1 aliphatic heterocycles. The highest BCUT2D eigenvalue weighted by molar-refractivity contribution is 6.16. The summed E-state index contributed by atoms with van der Waals surface area (Å²) in [5, 5.41) is 17.7. The number of aromatic nitrogens is 1. The third-order valence-corrected chi connectivity index (χ3v) is 6.27. The zero-order valence-corrected chi connectivity index (χ0v) is 21.4. The Bertz CT molecular complexity index is 1590. The van der Waals surface area contributed by atoms with E-state index in [9.17, 15) is 14.3 Å². The van der Waals surface area contributed by atoms with Crippen LogP contribution in [0.3, 0.4) is 0 Å². The van der Waals surface area contributed by atoms with Gasteiger partial charge in [0.05, 0.1) is 31.1 Å². The molecule has 4 N–H and O–H groups in total. The SMILES string of the molecule is COC(=O)C1CC1=Nc1ccc(Oc2c(F)cnc(Oc3cc(C(=N)N)ccc3O)c2F)c(C2=NCCN2C)c1. The molecule has 1 aromatic heterocycles. The van der Waals surface area contributed by atoms with Crippen LogP contribution in [-0.2, 0) is 9.53 Å². The van der Waals surface area contributed by atoms with Gasteiger partial charge >= 0.3 is 5.97 Å². The number of esters is 1. The molecule has 2 aromatic carbocycles. The van der Waals surface area contributed by atoms with Gasteiger partial charge in [-0.05, 0) is 36.4 Å². The zero-order valence-electron chi connectivity index (χ0n) is 21.4. The number of aliphatic imine (C=N–C) groups is 2. The molecular weight excluding hydrogens is 526 g/mol. The normalized spacial score (nSPS) is 17.0. The first kappa shape index (κ1) is 26.5. The van der Waals surface area contributed by atoms with E-state index in [1.807, 2.05) is 11.9 Å². The van der Waals surface area contributed by atoms with Crippen LogP contribution in [0, 0.1) is 23.0 Å². The van der Waals surface area contributed by atoms with Crippen LogP contribution in [0.1, 0.15) is 17.5 Å². The van der Waals surface area contributed by atoms with Crippen molar-refractivity contribution >= 4 is 29.0 Å². The number of benzene rings is 2. The smallest absolute Gasteiger partial charge is 0.314 e. The number of phenols is 1. The number of methoxy groups -OCH3 is 1. The Hall–Kier alpha value is -5.07. The Morgan fingerprint density at radius 2 is 2.00 bits per heavy atom. The molecule has 0 radical (unpaired) electrons. The number of rotatable bonds is 8. The molecule has 0 bridgehead atoms. The van der Waals surface area contributed by atoms with Crippen molar-refractivity contribution in [2.75, 3.05) is 27.2 Å². The number of hydrogen-bond donors (Lipinski definition) is 3. The van der Waals surface area contributed by atoms with Crippen LogP contribution >= 0.6 is 0 Å². The van der Waals surface area contributed by atoms with E-state index in [4.69, 9.17) is 25.4 Å². The first-order valence-electron chi connectivity index (χ1n) is 12.1. The average Bonchev–Trinajstić information content (AvgIpc) is 3.57. The largest absolute Gasteiger partial charge is 0.504 e. The summed E-state index contributed by atoms with van der Waals surface area (Å²) in [6.45, 7) is 1.16. The second-order valence-corrected chi connectivity index (χ2v) is 9.05. The maximum absolute atomic E-state index is 15.5. The molecule has 2 aliphatic rings. The van der Waals surface area contributed by atoms with E-state index in [1.165, 1.54) is 31.4 Å². The molecular formula is C27H24F2N6O5. The van der Waals surface area contributed by atoms with Gasteiger partial charge < -0.3 is 30.0 Å². The van der Waals surface area contributed by atoms with Gasteiger partial charge in [0.15, 0.2) is 17.3 Å². The van der Waals surface area contributed by atoms with Gasteiger partial charge in [-0.25, -0.2) is 9.37 Å². The number of aromatic hydroxyl groups is 1. The van der Waals surface area contributed by atoms with Crippen LogP contribution in [0.2, 0.25) is 0 Å². The number of carbonyl (C=O) groups is 1. The fourth-order valence-corrected chi connectivity index (χ4v) is 4.05. The minimum atomic E-state index is -1.26. The fourth-order valence-electron chi connectivity index (χ4n) is 4.05. The molecule has 1 unspecified atom stereocenters. The van der Waals surface area contributed by atoms with Gasteiger partial charge in [-0.15, -0.1) is 0 Å². The van der Waals surface area contributed by atoms with E-state index >= 15 is 4.39 Å². The molecule has 1 saturated carbocycles. The first-order chi connectivity index (χ1) is 19.2. The second-order valence-electron chi connectivity index (χ2n) is 9.05. The zero-order chi connectivity index (χ0) is 28.6. The van der Waals surface area contributed by atoms with Gasteiger partial charge in [-0.1, -0.05) is 0 Å². The molecule has 13 heteroatoms. The van der Waals surface area contributed by atoms with Gasteiger partial charge in [-0.2, -0.15) is 4.39 Å². The van der Waals surface area contributed by atoms with E-state index in [1.54, 1.807) is 12.1 Å². The van der Waals surface area contributed by atoms with Crippen molar-refractivity contribution in [3.63, 3.8) is 0 Å². The second kappa shape index (κ2) is 10.6. The highest BCUT2D eigenvalue weighted by Gasteiger charge is 2.40. The summed E-state index contributed by atoms with van der Waals surface area (Å²) < 4.78 is 46.2. The summed E-state index contributed by atoms with van der Waals surface area (Å²) in [6, 6.07) is 8.57. The van der Waals surface area contributed by atoms with Gasteiger partial charge in [0.1, 0.15) is 23.3 Å². The lowest BCUT2D eigenvalue weighted by Gasteiger charge is -2.18. The molecule has 0 amide bonds. The average molecular weight is 551 g/mol. The summed E-state index contributed by atoms with van der Waals surface area (Å²) in [6.07, 6.45) is 1.21. The van der Waals surface area contributed by atoms with Crippen LogP contribution in [0.25, 0.3) is 0 Å². The number of halogens is 2. The summed E-state index contributed by atoms with van der Waals surface area (Å²) in [5.74, 6) is -4.85. The van der Waals surface area contributed by atoms with Gasteiger partial charge in [0.2, 0.25) is 11.6 Å². The van der Waals surface area contributed by atoms with Crippen molar-refractivity contribution in [1.82, 2.24) is 9.88 Å². The van der Waals surface area contributed by atoms with Crippen molar-refractivity contribution in [2.45, 2.75) is 6.42 Å². The Balaban J connectivity index is 1.49. The van der Waals surface area contributed by atoms with E-state index < -0.39 is 23.3 Å². The lowest BCUT2D eigenvalue weighted by molar-refractivity contribution is -0.141. The monoisotopic (exact) mass is 550 g/mol. The third-order valence-electron chi connectivity index (χ3n) is 6.27. The standard InChI is InChI=1S/C27H24F2N6O5/c1-35-8-7-32-25(35)16-10-14(34-18-11-15(18)27(37)38-2)4-6-20(16)39-23-17(28)12-33-26(22(23)29)40-21-9-13(24(30)31)3-5-19(21)36/h3-6,9-10,12,15,36H,7-8,11H2,1-2H3,(H3,30,31). The lowest BCUT2D eigenvalue weighted by Crippen LogP contribution is -2.23. The van der Waals surface area contributed by atoms with Crippen molar-refractivity contribution in [3.05, 3.63) is 65.4 Å². The minimum Gasteiger partial charge on any atom is -0.504 e. The number of likely N-dealkylation sites (N-methyl/N-ethyl adjacent to an activating group) is 1. The van der Waals surface area contributed by atoms with E-state index in [2.05, 4.69) is 15.0 Å². The number of amidine groups is 2. The Kier molecular flexibility index (Phi) is 7.03. The number of nitrogens with two attached hydrogens (primary N) is 1. The van der Waals surface area contributed by atoms with Crippen molar-refractivity contribution in [1.29, 1.82) is 5.41 Å². The molecule has 206 valence electrons. The number of nitrogen functional groups attached to an aromatic ring is 1. The van der Waals surface area contributed by atoms with Crippen LogP contribution in [0.15, 0.2) is 52.6 Å². The third kappa shape index (κ3) is 5.25. The van der Waals surface area contributed by atoms with Crippen LogP contribution < -0.4 is 15.2 Å². The number of hydrogen-bond acceptors (Lipinski definition) is 10. The first-order valence-corrected chi connectivity index (χ1v) is 12.1. The van der Waals surface area contributed by atoms with Crippen molar-refractivity contribution < 1.29 is 32.9 Å². The molecule has 40 heavy (non-hydrogen) atoms. The minimum absolute atomic E-state index is 0.0909. The number of carbonyl (C=O) groups excluding carboxylic acids is 1. The fraction of sp³-hybridized carbons (Fsp3) is 0.222. The Morgan fingerprint density at radius 3 is 2.70 bits per heavy atom. The highest BCUT2D eigenvalue weighted by atomic mass is 19.1. The van der Waals surface area contributed by atoms with Gasteiger partial charge in [0.25, 0.3) is 5.88 Å². The highest BCUT2D eigenvalue weighted by Crippen LogP contribution is 2.39. The predicted molar refractivity (Wildman–Crippen MR) is 141 cm³/mol. The summed E-state index contributed by atoms with van der Waals surface area (Å²) in [7, 11) is 3.14. The maximum Gasteiger partial charge on any atom is 0.314 e. The summed E-state index contributed by atoms with van der Waals surface area (Å²) >= 11 is 0. The summed E-state index contributed by atoms with van der Waals surface area (Å²) in [4.78, 5) is 26.3. The predicted octanol–water partition coefficient (Wildman–Crippen LogP) is 3.89. The molecule has 2 heterocycles. The van der Waals surface area contributed by atoms with Crippen LogP contribution in [0.4, 0.5) is 14.5 Å². The summed E-state index contributed by atoms with van der Waals surface area (Å²) in [5.41, 5.74) is 7.29. The molecule has 3 aromatic rings. The van der Waals surface area contributed by atoms with E-state index in [0.29, 0.717) is 42.3 Å². The van der Waals surface area contributed by atoms with E-state index in [0.717, 1.165) is 6.20 Å². The number of phenolic OH excluding ortho intramolecular Hbond substituents is 1. The number of ether oxygens (including phenoxy) is 3. The maximum atomic E-state index is 15.5. The number of pyridine rings is 1. The number of nitrogens with one attached hydrogen (secondary N) is 1. The lowest BCUT2D eigenvalue weighted by atomic mass is 10.1. The molecule has 1 aliphatic carbocycles. The van der Waals surface area contributed by atoms with Crippen molar-refractivity contribution in [3.8, 4) is 28.9 Å². The quantitative estimate of drug-likeness (QED) is 0.217. The molecule has 1 atom stereocenters.